The quantitative estimate of drug-likeness (QED) is 0.815. The second-order valence-electron chi connectivity index (χ2n) is 7.27. The molecule has 1 N–H and O–H groups in total. The Kier molecular flexibility index (Phi) is 6.84. The van der Waals surface area contributed by atoms with Crippen LogP contribution in [0.5, 0.6) is 0 Å². The van der Waals surface area contributed by atoms with Gasteiger partial charge in [0, 0.05) is 45.4 Å². The maximum Gasteiger partial charge on any atom is 0.236 e. The van der Waals surface area contributed by atoms with E-state index < -0.39 is 0 Å². The fourth-order valence-corrected chi connectivity index (χ4v) is 4.03. The van der Waals surface area contributed by atoms with Crippen molar-refractivity contribution in [3.05, 3.63) is 35.9 Å². The molecule has 0 saturated carbocycles. The van der Waals surface area contributed by atoms with E-state index >= 15 is 0 Å². The number of rotatable bonds is 7. The summed E-state index contributed by atoms with van der Waals surface area (Å²) in [6, 6.07) is 11.0. The molecule has 1 amide bonds. The number of likely N-dealkylation sites (tertiary alicyclic amines) is 1. The fourth-order valence-electron chi connectivity index (χ4n) is 4.03. The molecule has 1 unspecified atom stereocenters. The Morgan fingerprint density at radius 1 is 1.08 bits per heavy atom. The lowest BCUT2D eigenvalue weighted by Crippen LogP contribution is -2.51. The van der Waals surface area contributed by atoms with Crippen molar-refractivity contribution in [2.75, 3.05) is 45.9 Å². The van der Waals surface area contributed by atoms with E-state index in [9.17, 15) is 4.79 Å². The molecule has 138 valence electrons. The highest BCUT2D eigenvalue weighted by atomic mass is 16.3. The van der Waals surface area contributed by atoms with Crippen LogP contribution in [-0.4, -0.2) is 77.6 Å². The van der Waals surface area contributed by atoms with E-state index in [1.165, 1.54) is 12.0 Å². The van der Waals surface area contributed by atoms with Crippen LogP contribution in [-0.2, 0) is 11.3 Å². The van der Waals surface area contributed by atoms with Gasteiger partial charge in [0.2, 0.25) is 5.91 Å². The summed E-state index contributed by atoms with van der Waals surface area (Å²) in [6.07, 6.45) is 4.19. The van der Waals surface area contributed by atoms with Gasteiger partial charge in [0.15, 0.2) is 0 Å². The standard InChI is InChI=1S/C20H31N3O2/c24-15-5-9-19-8-4-10-23(19)17-20(25)22-13-11-21(12-14-22)16-18-6-2-1-3-7-18/h1-3,6-7,19,24H,4-5,8-17H2. The molecule has 2 aliphatic heterocycles. The second-order valence-corrected chi connectivity index (χ2v) is 7.27. The Morgan fingerprint density at radius 2 is 1.84 bits per heavy atom. The van der Waals surface area contributed by atoms with E-state index in [4.69, 9.17) is 5.11 Å². The van der Waals surface area contributed by atoms with Gasteiger partial charge in [-0.25, -0.2) is 0 Å². The summed E-state index contributed by atoms with van der Waals surface area (Å²) in [5.74, 6) is 0.273. The van der Waals surface area contributed by atoms with Crippen molar-refractivity contribution in [1.29, 1.82) is 0 Å². The van der Waals surface area contributed by atoms with Gasteiger partial charge in [-0.15, -0.1) is 0 Å². The molecule has 0 aliphatic carbocycles. The molecule has 2 aliphatic rings. The molecule has 1 aromatic carbocycles. The average Bonchev–Trinajstić information content (AvgIpc) is 3.08. The maximum absolute atomic E-state index is 12.7. The molecule has 2 saturated heterocycles. The predicted molar refractivity (Wildman–Crippen MR) is 99.2 cm³/mol. The minimum absolute atomic E-state index is 0.252. The van der Waals surface area contributed by atoms with Crippen molar-refractivity contribution >= 4 is 5.91 Å². The summed E-state index contributed by atoms with van der Waals surface area (Å²) in [4.78, 5) is 19.4. The number of aliphatic hydroxyl groups excluding tert-OH is 1. The van der Waals surface area contributed by atoms with E-state index in [0.717, 1.165) is 58.5 Å². The number of aliphatic hydroxyl groups is 1. The van der Waals surface area contributed by atoms with Gasteiger partial charge in [-0.05, 0) is 37.8 Å². The van der Waals surface area contributed by atoms with Crippen molar-refractivity contribution < 1.29 is 9.90 Å². The first-order chi connectivity index (χ1) is 12.3. The van der Waals surface area contributed by atoms with Crippen LogP contribution in [0.15, 0.2) is 30.3 Å². The van der Waals surface area contributed by atoms with Crippen molar-refractivity contribution in [3.63, 3.8) is 0 Å². The molecule has 3 rings (SSSR count). The molecule has 2 heterocycles. The zero-order chi connectivity index (χ0) is 17.5. The molecular formula is C20H31N3O2. The topological polar surface area (TPSA) is 47.0 Å². The van der Waals surface area contributed by atoms with Crippen molar-refractivity contribution in [1.82, 2.24) is 14.7 Å². The smallest absolute Gasteiger partial charge is 0.236 e. The summed E-state index contributed by atoms with van der Waals surface area (Å²) >= 11 is 0. The highest BCUT2D eigenvalue weighted by molar-refractivity contribution is 5.78. The first kappa shape index (κ1) is 18.4. The van der Waals surface area contributed by atoms with E-state index in [1.54, 1.807) is 0 Å². The zero-order valence-electron chi connectivity index (χ0n) is 15.1. The van der Waals surface area contributed by atoms with Gasteiger partial charge in [-0.2, -0.15) is 0 Å². The largest absolute Gasteiger partial charge is 0.396 e. The zero-order valence-corrected chi connectivity index (χ0v) is 15.1. The lowest BCUT2D eigenvalue weighted by atomic mass is 10.1. The van der Waals surface area contributed by atoms with E-state index in [0.29, 0.717) is 12.6 Å². The number of carbonyl (C=O) groups is 1. The number of nitrogens with zero attached hydrogens (tertiary/aromatic N) is 3. The third kappa shape index (κ3) is 5.27. The van der Waals surface area contributed by atoms with Gasteiger partial charge in [0.1, 0.15) is 0 Å². The molecule has 0 spiro atoms. The molecule has 1 aromatic rings. The maximum atomic E-state index is 12.7. The lowest BCUT2D eigenvalue weighted by molar-refractivity contribution is -0.134. The molecule has 0 radical (unpaired) electrons. The summed E-state index contributed by atoms with van der Waals surface area (Å²) in [5.41, 5.74) is 1.34. The number of hydrogen-bond donors (Lipinski definition) is 1. The SMILES string of the molecule is O=C(CN1CCCC1CCCO)N1CCN(Cc2ccccc2)CC1. The van der Waals surface area contributed by atoms with Gasteiger partial charge in [0.25, 0.3) is 0 Å². The molecule has 5 heteroatoms. The molecule has 25 heavy (non-hydrogen) atoms. The van der Waals surface area contributed by atoms with Crippen LogP contribution in [0.4, 0.5) is 0 Å². The van der Waals surface area contributed by atoms with Gasteiger partial charge < -0.3 is 10.0 Å². The summed E-state index contributed by atoms with van der Waals surface area (Å²) in [7, 11) is 0. The van der Waals surface area contributed by atoms with E-state index in [1.807, 2.05) is 11.0 Å². The second kappa shape index (κ2) is 9.32. The fraction of sp³-hybridized carbons (Fsp3) is 0.650. The van der Waals surface area contributed by atoms with Crippen molar-refractivity contribution in [2.24, 2.45) is 0 Å². The predicted octanol–water partition coefficient (Wildman–Crippen LogP) is 1.57. The number of hydrogen-bond acceptors (Lipinski definition) is 4. The minimum atomic E-state index is 0.252. The summed E-state index contributed by atoms with van der Waals surface area (Å²) in [5, 5.41) is 9.03. The number of amides is 1. The van der Waals surface area contributed by atoms with E-state index in [2.05, 4.69) is 34.1 Å². The summed E-state index contributed by atoms with van der Waals surface area (Å²) in [6.45, 7) is 6.37. The van der Waals surface area contributed by atoms with Crippen LogP contribution < -0.4 is 0 Å². The van der Waals surface area contributed by atoms with Gasteiger partial charge in [-0.1, -0.05) is 30.3 Å². The number of piperazine rings is 1. The van der Waals surface area contributed by atoms with Crippen LogP contribution >= 0.6 is 0 Å². The normalized spacial score (nSPS) is 22.4. The monoisotopic (exact) mass is 345 g/mol. The first-order valence-electron chi connectivity index (χ1n) is 9.65. The molecule has 0 bridgehead atoms. The van der Waals surface area contributed by atoms with Crippen LogP contribution in [0.25, 0.3) is 0 Å². The van der Waals surface area contributed by atoms with E-state index in [-0.39, 0.29) is 12.5 Å². The molecule has 5 nitrogen and oxygen atoms in total. The van der Waals surface area contributed by atoms with Gasteiger partial charge in [0.05, 0.1) is 6.54 Å². The van der Waals surface area contributed by atoms with Crippen LogP contribution in [0.3, 0.4) is 0 Å². The molecule has 0 aromatic heterocycles. The molecular weight excluding hydrogens is 314 g/mol. The molecule has 1 atom stereocenters. The Bertz CT molecular complexity index is 529. The Labute approximate surface area is 151 Å². The molecule has 2 fully saturated rings. The Morgan fingerprint density at radius 3 is 2.56 bits per heavy atom. The van der Waals surface area contributed by atoms with Crippen LogP contribution in [0.1, 0.15) is 31.2 Å². The highest BCUT2D eigenvalue weighted by Crippen LogP contribution is 2.21. The number of benzene rings is 1. The van der Waals surface area contributed by atoms with Gasteiger partial charge >= 0.3 is 0 Å². The first-order valence-corrected chi connectivity index (χ1v) is 9.65. The highest BCUT2D eigenvalue weighted by Gasteiger charge is 2.28. The Balaban J connectivity index is 1.42. The van der Waals surface area contributed by atoms with Crippen molar-refractivity contribution in [3.8, 4) is 0 Å². The minimum Gasteiger partial charge on any atom is -0.396 e. The average molecular weight is 345 g/mol. The van der Waals surface area contributed by atoms with Crippen LogP contribution in [0.2, 0.25) is 0 Å². The number of carbonyl (C=O) groups excluding carboxylic acids is 1. The third-order valence-corrected chi connectivity index (χ3v) is 5.51. The Hall–Kier alpha value is -1.43. The lowest BCUT2D eigenvalue weighted by Gasteiger charge is -2.36. The summed E-state index contributed by atoms with van der Waals surface area (Å²) < 4.78 is 0. The van der Waals surface area contributed by atoms with Crippen LogP contribution in [0, 0.1) is 0 Å². The van der Waals surface area contributed by atoms with Gasteiger partial charge in [-0.3, -0.25) is 14.6 Å². The third-order valence-electron chi connectivity index (χ3n) is 5.51. The van der Waals surface area contributed by atoms with Crippen molar-refractivity contribution in [2.45, 2.75) is 38.3 Å².